The van der Waals surface area contributed by atoms with E-state index in [-0.39, 0.29) is 11.4 Å². The van der Waals surface area contributed by atoms with Crippen LogP contribution >= 0.6 is 0 Å². The lowest BCUT2D eigenvalue weighted by Gasteiger charge is -2.04. The fourth-order valence-electron chi connectivity index (χ4n) is 2.01. The fraction of sp³-hybridized carbons (Fsp3) is 0.118. The van der Waals surface area contributed by atoms with E-state index in [2.05, 4.69) is 0 Å². The first kappa shape index (κ1) is 16.2. The summed E-state index contributed by atoms with van der Waals surface area (Å²) < 4.78 is 10.3. The molecule has 0 heterocycles. The number of hydrogen-bond acceptors (Lipinski definition) is 5. The third-order valence-corrected chi connectivity index (χ3v) is 3.12. The molecule has 0 unspecified atom stereocenters. The van der Waals surface area contributed by atoms with Crippen LogP contribution in [0.1, 0.15) is 11.1 Å². The summed E-state index contributed by atoms with van der Waals surface area (Å²) in [5.74, 6) is 0.315. The summed E-state index contributed by atoms with van der Waals surface area (Å²) in [4.78, 5) is 22.1. The molecule has 0 radical (unpaired) electrons. The molecule has 0 aliphatic rings. The van der Waals surface area contributed by atoms with Gasteiger partial charge in [0.05, 0.1) is 12.0 Å². The average Bonchev–Trinajstić information content (AvgIpc) is 2.53. The van der Waals surface area contributed by atoms with E-state index in [0.717, 1.165) is 5.56 Å². The van der Waals surface area contributed by atoms with Crippen LogP contribution in [-0.4, -0.2) is 18.0 Å². The largest absolute Gasteiger partial charge is 0.496 e. The molecule has 2 aromatic rings. The number of carbonyl (C=O) groups excluding carboxylic acids is 1. The maximum Gasteiger partial charge on any atom is 0.336 e. The molecule has 23 heavy (non-hydrogen) atoms. The van der Waals surface area contributed by atoms with Crippen LogP contribution in [0.15, 0.2) is 48.5 Å². The molecule has 0 atom stereocenters. The molecule has 6 heteroatoms. The Labute approximate surface area is 133 Å². The number of aryl methyl sites for hydroxylation is 1. The maximum atomic E-state index is 11.8. The van der Waals surface area contributed by atoms with Crippen molar-refractivity contribution in [3.63, 3.8) is 0 Å². The molecule has 0 saturated heterocycles. The van der Waals surface area contributed by atoms with E-state index in [1.807, 2.05) is 12.1 Å². The van der Waals surface area contributed by atoms with Crippen molar-refractivity contribution in [1.29, 1.82) is 0 Å². The highest BCUT2D eigenvalue weighted by molar-refractivity contribution is 5.89. The molecule has 2 rings (SSSR count). The number of nitrogens with zero attached hydrogens (tertiary/aromatic N) is 1. The second-order valence-corrected chi connectivity index (χ2v) is 4.70. The van der Waals surface area contributed by atoms with Crippen LogP contribution in [0.25, 0.3) is 6.08 Å². The molecule has 118 valence electrons. The van der Waals surface area contributed by atoms with Gasteiger partial charge in [0.1, 0.15) is 11.5 Å². The van der Waals surface area contributed by atoms with Gasteiger partial charge in [-0.15, -0.1) is 0 Å². The highest BCUT2D eigenvalue weighted by Crippen LogP contribution is 2.23. The summed E-state index contributed by atoms with van der Waals surface area (Å²) in [7, 11) is 1.55. The zero-order valence-electron chi connectivity index (χ0n) is 12.7. The van der Waals surface area contributed by atoms with E-state index >= 15 is 0 Å². The van der Waals surface area contributed by atoms with Crippen molar-refractivity contribution in [1.82, 2.24) is 0 Å². The first-order chi connectivity index (χ1) is 11.0. The summed E-state index contributed by atoms with van der Waals surface area (Å²) in [6.45, 7) is 1.58. The Kier molecular flexibility index (Phi) is 5.09. The lowest BCUT2D eigenvalue weighted by molar-refractivity contribution is -0.385. The monoisotopic (exact) mass is 313 g/mol. The van der Waals surface area contributed by atoms with E-state index in [0.29, 0.717) is 11.3 Å². The number of para-hydroxylation sites is 1. The Balaban J connectivity index is 2.09. The fourth-order valence-corrected chi connectivity index (χ4v) is 2.01. The van der Waals surface area contributed by atoms with E-state index in [1.165, 1.54) is 24.3 Å². The second-order valence-electron chi connectivity index (χ2n) is 4.70. The van der Waals surface area contributed by atoms with Gasteiger partial charge >= 0.3 is 5.97 Å². The van der Waals surface area contributed by atoms with Crippen LogP contribution in [0.3, 0.4) is 0 Å². The quantitative estimate of drug-likeness (QED) is 0.277. The summed E-state index contributed by atoms with van der Waals surface area (Å²) in [6, 6.07) is 11.4. The van der Waals surface area contributed by atoms with E-state index in [9.17, 15) is 14.9 Å². The van der Waals surface area contributed by atoms with Crippen LogP contribution in [0.2, 0.25) is 0 Å². The van der Waals surface area contributed by atoms with Crippen LogP contribution in [0.5, 0.6) is 11.5 Å². The van der Waals surface area contributed by atoms with Gasteiger partial charge in [-0.25, -0.2) is 4.79 Å². The standard InChI is InChI=1S/C17H15NO5/c1-12-11-14(8-9-15(12)18(20)21)23-17(19)10-7-13-5-3-4-6-16(13)22-2/h3-11H,1-2H3/b10-7+. The minimum absolute atomic E-state index is 0.0191. The van der Waals surface area contributed by atoms with Crippen molar-refractivity contribution in [3.05, 3.63) is 69.8 Å². The van der Waals surface area contributed by atoms with Crippen LogP contribution in [0.4, 0.5) is 5.69 Å². The van der Waals surface area contributed by atoms with E-state index < -0.39 is 10.9 Å². The lowest BCUT2D eigenvalue weighted by Crippen LogP contribution is -2.04. The number of hydrogen-bond donors (Lipinski definition) is 0. The number of nitro groups is 1. The molecule has 6 nitrogen and oxygen atoms in total. The molecule has 0 amide bonds. The third-order valence-electron chi connectivity index (χ3n) is 3.12. The third kappa shape index (κ3) is 4.16. The van der Waals surface area contributed by atoms with Crippen LogP contribution < -0.4 is 9.47 Å². The number of benzene rings is 2. The molecule has 2 aromatic carbocycles. The molecule has 0 spiro atoms. The van der Waals surface area contributed by atoms with E-state index in [4.69, 9.17) is 9.47 Å². The number of nitro benzene ring substituents is 1. The summed E-state index contributed by atoms with van der Waals surface area (Å²) in [5, 5.41) is 10.7. The molecule has 0 bridgehead atoms. The van der Waals surface area contributed by atoms with Crippen molar-refractivity contribution < 1.29 is 19.2 Å². The smallest absolute Gasteiger partial charge is 0.336 e. The number of ether oxygens (including phenoxy) is 2. The van der Waals surface area contributed by atoms with Crippen molar-refractivity contribution in [3.8, 4) is 11.5 Å². The van der Waals surface area contributed by atoms with Gasteiger partial charge < -0.3 is 9.47 Å². The number of methoxy groups -OCH3 is 1. The predicted octanol–water partition coefficient (Wildman–Crippen LogP) is 3.53. The number of esters is 1. The second kappa shape index (κ2) is 7.22. The SMILES string of the molecule is COc1ccccc1/C=C/C(=O)Oc1ccc([N+](=O)[O-])c(C)c1. The highest BCUT2D eigenvalue weighted by Gasteiger charge is 2.11. The lowest BCUT2D eigenvalue weighted by atomic mass is 10.2. The van der Waals surface area contributed by atoms with Gasteiger partial charge in [0, 0.05) is 23.3 Å². The van der Waals surface area contributed by atoms with Gasteiger partial charge in [-0.05, 0) is 31.2 Å². The molecule has 0 N–H and O–H groups in total. The predicted molar refractivity (Wildman–Crippen MR) is 85.5 cm³/mol. The van der Waals surface area contributed by atoms with Gasteiger partial charge in [-0.3, -0.25) is 10.1 Å². The normalized spacial score (nSPS) is 10.5. The minimum atomic E-state index is -0.579. The van der Waals surface area contributed by atoms with Gasteiger partial charge in [0.15, 0.2) is 0 Å². The topological polar surface area (TPSA) is 78.7 Å². The number of rotatable bonds is 5. The molecular formula is C17H15NO5. The zero-order valence-corrected chi connectivity index (χ0v) is 12.7. The molecular weight excluding hydrogens is 298 g/mol. The maximum absolute atomic E-state index is 11.8. The Morgan fingerprint density at radius 1 is 1.22 bits per heavy atom. The molecule has 0 aliphatic carbocycles. The molecule has 0 saturated carbocycles. The molecule has 0 aliphatic heterocycles. The highest BCUT2D eigenvalue weighted by atomic mass is 16.6. The van der Waals surface area contributed by atoms with Crippen molar-refractivity contribution >= 4 is 17.7 Å². The number of carbonyl (C=O) groups is 1. The summed E-state index contributed by atoms with van der Waals surface area (Å²) in [5.41, 5.74) is 1.15. The molecule has 0 fully saturated rings. The molecule has 0 aromatic heterocycles. The summed E-state index contributed by atoms with van der Waals surface area (Å²) >= 11 is 0. The Hall–Kier alpha value is -3.15. The average molecular weight is 313 g/mol. The minimum Gasteiger partial charge on any atom is -0.496 e. The first-order valence-corrected chi connectivity index (χ1v) is 6.79. The first-order valence-electron chi connectivity index (χ1n) is 6.79. The van der Waals surface area contributed by atoms with Gasteiger partial charge in [-0.1, -0.05) is 18.2 Å². The van der Waals surface area contributed by atoms with Crippen molar-refractivity contribution in [2.45, 2.75) is 6.92 Å². The van der Waals surface area contributed by atoms with Gasteiger partial charge in [-0.2, -0.15) is 0 Å². The van der Waals surface area contributed by atoms with Crippen molar-refractivity contribution in [2.75, 3.05) is 7.11 Å². The van der Waals surface area contributed by atoms with E-state index in [1.54, 1.807) is 32.2 Å². The summed E-state index contributed by atoms with van der Waals surface area (Å²) in [6.07, 6.45) is 2.86. The van der Waals surface area contributed by atoms with Gasteiger partial charge in [0.25, 0.3) is 5.69 Å². The zero-order chi connectivity index (χ0) is 16.8. The Morgan fingerprint density at radius 2 is 1.96 bits per heavy atom. The van der Waals surface area contributed by atoms with Gasteiger partial charge in [0.2, 0.25) is 0 Å². The van der Waals surface area contributed by atoms with Crippen molar-refractivity contribution in [2.24, 2.45) is 0 Å². The van der Waals surface area contributed by atoms with Crippen LogP contribution in [-0.2, 0) is 4.79 Å². The Bertz CT molecular complexity index is 767. The van der Waals surface area contributed by atoms with Crippen LogP contribution in [0, 0.1) is 17.0 Å². The Morgan fingerprint density at radius 3 is 2.61 bits per heavy atom.